The van der Waals surface area contributed by atoms with Gasteiger partial charge < -0.3 is 9.80 Å². The van der Waals surface area contributed by atoms with Crippen LogP contribution in [0.25, 0.3) is 0 Å². The third-order valence-electron chi connectivity index (χ3n) is 6.30. The molecular weight excluding hydrogens is 312 g/mol. The second kappa shape index (κ2) is 7.19. The summed E-state index contributed by atoms with van der Waals surface area (Å²) in [4.78, 5) is 29.7. The maximum atomic E-state index is 12.8. The lowest BCUT2D eigenvalue weighted by Crippen LogP contribution is -2.43. The van der Waals surface area contributed by atoms with E-state index in [9.17, 15) is 9.59 Å². The summed E-state index contributed by atoms with van der Waals surface area (Å²) >= 11 is 0. The smallest absolute Gasteiger partial charge is 0.225 e. The van der Waals surface area contributed by atoms with Gasteiger partial charge in [-0.15, -0.1) is 0 Å². The zero-order valence-corrected chi connectivity index (χ0v) is 14.9. The highest BCUT2D eigenvalue weighted by Gasteiger charge is 2.43. The zero-order chi connectivity index (χ0) is 17.2. The minimum Gasteiger partial charge on any atom is -0.340 e. The molecule has 2 atom stereocenters. The number of carbonyl (C=O) groups excluding carboxylic acids is 2. The predicted octanol–water partition coefficient (Wildman–Crippen LogP) is 3.22. The first-order chi connectivity index (χ1) is 12.2. The Morgan fingerprint density at radius 1 is 1.00 bits per heavy atom. The number of amides is 2. The predicted molar refractivity (Wildman–Crippen MR) is 96.7 cm³/mol. The molecule has 1 aromatic rings. The van der Waals surface area contributed by atoms with Crippen molar-refractivity contribution >= 4 is 11.8 Å². The molecule has 2 amide bonds. The van der Waals surface area contributed by atoms with Crippen molar-refractivity contribution in [3.63, 3.8) is 0 Å². The number of hydrogen-bond acceptors (Lipinski definition) is 2. The summed E-state index contributed by atoms with van der Waals surface area (Å²) in [7, 11) is 0. The minimum atomic E-state index is 0.195. The molecule has 134 valence electrons. The summed E-state index contributed by atoms with van der Waals surface area (Å²) in [5.74, 6) is 1.28. The molecule has 0 spiro atoms. The Balaban J connectivity index is 1.50. The standard InChI is InChI=1S/C21H28N2O2/c24-20-12-6-11-18-14-22(21(25)17-9-4-5-10-17)15-19(18)23(20)13-16-7-2-1-3-8-16/h1-3,7-8,17-19H,4-6,9-15H2/t18-,19+/m1/s1. The fourth-order valence-electron chi connectivity index (χ4n) is 4.93. The topological polar surface area (TPSA) is 40.6 Å². The molecule has 1 aliphatic carbocycles. The molecule has 3 aliphatic rings. The van der Waals surface area contributed by atoms with Crippen molar-refractivity contribution in [3.05, 3.63) is 35.9 Å². The molecule has 3 fully saturated rings. The highest BCUT2D eigenvalue weighted by molar-refractivity contribution is 5.80. The molecule has 2 heterocycles. The lowest BCUT2D eigenvalue weighted by molar-refractivity contribution is -0.137. The molecule has 25 heavy (non-hydrogen) atoms. The molecule has 0 bridgehead atoms. The first kappa shape index (κ1) is 16.6. The van der Waals surface area contributed by atoms with Gasteiger partial charge in [-0.3, -0.25) is 9.59 Å². The molecule has 0 radical (unpaired) electrons. The third-order valence-corrected chi connectivity index (χ3v) is 6.30. The van der Waals surface area contributed by atoms with Crippen molar-refractivity contribution < 1.29 is 9.59 Å². The molecule has 4 nitrogen and oxygen atoms in total. The van der Waals surface area contributed by atoms with E-state index < -0.39 is 0 Å². The third kappa shape index (κ3) is 3.44. The van der Waals surface area contributed by atoms with E-state index in [2.05, 4.69) is 21.9 Å². The van der Waals surface area contributed by atoms with Crippen LogP contribution in [0, 0.1) is 11.8 Å². The van der Waals surface area contributed by atoms with Crippen molar-refractivity contribution in [2.45, 2.75) is 57.5 Å². The number of carbonyl (C=O) groups is 2. The second-order valence-corrected chi connectivity index (χ2v) is 7.95. The lowest BCUT2D eigenvalue weighted by Gasteiger charge is -2.30. The van der Waals surface area contributed by atoms with Crippen molar-refractivity contribution in [1.82, 2.24) is 9.80 Å². The number of likely N-dealkylation sites (tertiary alicyclic amines) is 2. The quantitative estimate of drug-likeness (QED) is 0.848. The first-order valence-electron chi connectivity index (χ1n) is 9.84. The number of fused-ring (bicyclic) bond motifs is 1. The van der Waals surface area contributed by atoms with E-state index in [1.807, 2.05) is 18.2 Å². The van der Waals surface area contributed by atoms with E-state index in [0.29, 0.717) is 24.8 Å². The van der Waals surface area contributed by atoms with Gasteiger partial charge in [-0.25, -0.2) is 0 Å². The Bertz CT molecular complexity index is 624. The van der Waals surface area contributed by atoms with Crippen LogP contribution in [-0.2, 0) is 16.1 Å². The van der Waals surface area contributed by atoms with Crippen LogP contribution in [-0.4, -0.2) is 40.7 Å². The maximum Gasteiger partial charge on any atom is 0.225 e. The van der Waals surface area contributed by atoms with Gasteiger partial charge in [0.15, 0.2) is 0 Å². The average molecular weight is 340 g/mol. The van der Waals surface area contributed by atoms with Gasteiger partial charge in [-0.1, -0.05) is 43.2 Å². The Morgan fingerprint density at radius 3 is 2.52 bits per heavy atom. The Labute approximate surface area is 150 Å². The molecule has 1 saturated carbocycles. The molecule has 4 heteroatoms. The monoisotopic (exact) mass is 340 g/mol. The van der Waals surface area contributed by atoms with Crippen LogP contribution in [0.15, 0.2) is 30.3 Å². The van der Waals surface area contributed by atoms with E-state index >= 15 is 0 Å². The van der Waals surface area contributed by atoms with Crippen LogP contribution in [0.1, 0.15) is 50.5 Å². The Kier molecular flexibility index (Phi) is 4.78. The van der Waals surface area contributed by atoms with Crippen molar-refractivity contribution in [2.75, 3.05) is 13.1 Å². The largest absolute Gasteiger partial charge is 0.340 e. The highest BCUT2D eigenvalue weighted by Crippen LogP contribution is 2.34. The highest BCUT2D eigenvalue weighted by atomic mass is 16.2. The van der Waals surface area contributed by atoms with Gasteiger partial charge in [-0.05, 0) is 37.2 Å². The van der Waals surface area contributed by atoms with Crippen LogP contribution in [0.3, 0.4) is 0 Å². The van der Waals surface area contributed by atoms with Crippen molar-refractivity contribution in [2.24, 2.45) is 11.8 Å². The number of benzene rings is 1. The van der Waals surface area contributed by atoms with Gasteiger partial charge in [0.2, 0.25) is 11.8 Å². The Morgan fingerprint density at radius 2 is 1.76 bits per heavy atom. The van der Waals surface area contributed by atoms with Crippen molar-refractivity contribution in [3.8, 4) is 0 Å². The molecule has 0 N–H and O–H groups in total. The van der Waals surface area contributed by atoms with E-state index in [1.165, 1.54) is 18.4 Å². The molecule has 1 aromatic carbocycles. The van der Waals surface area contributed by atoms with Gasteiger partial charge in [0, 0.05) is 32.0 Å². The molecule has 0 unspecified atom stereocenters. The van der Waals surface area contributed by atoms with E-state index in [0.717, 1.165) is 38.8 Å². The maximum absolute atomic E-state index is 12.8. The molecule has 0 aromatic heterocycles. The van der Waals surface area contributed by atoms with E-state index in [1.54, 1.807) is 0 Å². The molecule has 4 rings (SSSR count). The Hall–Kier alpha value is -1.84. The van der Waals surface area contributed by atoms with E-state index in [-0.39, 0.29) is 17.9 Å². The van der Waals surface area contributed by atoms with Gasteiger partial charge >= 0.3 is 0 Å². The second-order valence-electron chi connectivity index (χ2n) is 7.95. The first-order valence-corrected chi connectivity index (χ1v) is 9.84. The van der Waals surface area contributed by atoms with Gasteiger partial charge in [-0.2, -0.15) is 0 Å². The fourth-order valence-corrected chi connectivity index (χ4v) is 4.93. The summed E-state index contributed by atoms with van der Waals surface area (Å²) < 4.78 is 0. The summed E-state index contributed by atoms with van der Waals surface area (Å²) in [6.45, 7) is 2.25. The zero-order valence-electron chi connectivity index (χ0n) is 14.9. The van der Waals surface area contributed by atoms with Crippen LogP contribution in [0.5, 0.6) is 0 Å². The summed E-state index contributed by atoms with van der Waals surface area (Å²) in [5.41, 5.74) is 1.18. The minimum absolute atomic E-state index is 0.195. The van der Waals surface area contributed by atoms with Crippen LogP contribution < -0.4 is 0 Å². The fraction of sp³-hybridized carbons (Fsp3) is 0.619. The van der Waals surface area contributed by atoms with Gasteiger partial charge in [0.05, 0.1) is 6.04 Å². The van der Waals surface area contributed by atoms with Gasteiger partial charge in [0.25, 0.3) is 0 Å². The summed E-state index contributed by atoms with van der Waals surface area (Å²) in [6, 6.07) is 10.4. The van der Waals surface area contributed by atoms with E-state index in [4.69, 9.17) is 0 Å². The van der Waals surface area contributed by atoms with Crippen LogP contribution >= 0.6 is 0 Å². The average Bonchev–Trinajstić information content (AvgIpc) is 3.28. The lowest BCUT2D eigenvalue weighted by atomic mass is 9.98. The summed E-state index contributed by atoms with van der Waals surface area (Å²) in [6.07, 6.45) is 7.16. The van der Waals surface area contributed by atoms with Crippen LogP contribution in [0.4, 0.5) is 0 Å². The van der Waals surface area contributed by atoms with Crippen LogP contribution in [0.2, 0.25) is 0 Å². The van der Waals surface area contributed by atoms with Crippen molar-refractivity contribution in [1.29, 1.82) is 0 Å². The SMILES string of the molecule is O=C(C1CCCC1)N1C[C@H]2CCCC(=O)N(Cc3ccccc3)[C@H]2C1. The molecular formula is C21H28N2O2. The number of nitrogens with zero attached hydrogens (tertiary/aromatic N) is 2. The van der Waals surface area contributed by atoms with Gasteiger partial charge in [0.1, 0.15) is 0 Å². The number of rotatable bonds is 3. The molecule has 2 saturated heterocycles. The number of hydrogen-bond donors (Lipinski definition) is 0. The normalized spacial score (nSPS) is 27.4. The summed E-state index contributed by atoms with van der Waals surface area (Å²) in [5, 5.41) is 0. The molecule has 2 aliphatic heterocycles.